The zero-order chi connectivity index (χ0) is 22.8. The molecule has 3 rings (SSSR count). The van der Waals surface area contributed by atoms with Gasteiger partial charge in [0.15, 0.2) is 5.96 Å². The Kier molecular flexibility index (Phi) is 9.31. The summed E-state index contributed by atoms with van der Waals surface area (Å²) in [5, 5.41) is 6.58. The fourth-order valence-corrected chi connectivity index (χ4v) is 3.77. The molecule has 1 aliphatic rings. The van der Waals surface area contributed by atoms with E-state index in [2.05, 4.69) is 39.7 Å². The van der Waals surface area contributed by atoms with Crippen molar-refractivity contribution >= 4 is 5.96 Å². The van der Waals surface area contributed by atoms with Gasteiger partial charge >= 0.3 is 0 Å². The number of aryl methyl sites for hydroxylation is 1. The van der Waals surface area contributed by atoms with Crippen LogP contribution in [0.25, 0.3) is 0 Å². The predicted octanol–water partition coefficient (Wildman–Crippen LogP) is 3.49. The van der Waals surface area contributed by atoms with E-state index in [9.17, 15) is 4.39 Å². The summed E-state index contributed by atoms with van der Waals surface area (Å²) in [4.78, 5) is 6.64. The summed E-state index contributed by atoms with van der Waals surface area (Å²) in [6.07, 6.45) is 2.18. The first-order valence-corrected chi connectivity index (χ1v) is 11.2. The third kappa shape index (κ3) is 7.50. The number of hydrogen-bond donors (Lipinski definition) is 2. The molecule has 2 N–H and O–H groups in total. The fraction of sp³-hybridized carbons (Fsp3) is 0.480. The molecule has 32 heavy (non-hydrogen) atoms. The number of rotatable bonds is 9. The molecule has 0 saturated carbocycles. The lowest BCUT2D eigenvalue weighted by molar-refractivity contribution is 0.0392. The monoisotopic (exact) mass is 442 g/mol. The Hall–Kier alpha value is -2.64. The van der Waals surface area contributed by atoms with Gasteiger partial charge in [-0.25, -0.2) is 4.39 Å². The van der Waals surface area contributed by atoms with Crippen molar-refractivity contribution in [3.63, 3.8) is 0 Å². The first-order chi connectivity index (χ1) is 15.5. The molecule has 0 atom stereocenters. The molecule has 1 aliphatic heterocycles. The normalized spacial score (nSPS) is 15.1. The third-order valence-electron chi connectivity index (χ3n) is 5.79. The van der Waals surface area contributed by atoms with E-state index in [4.69, 9.17) is 9.47 Å². The molecule has 0 aromatic heterocycles. The van der Waals surface area contributed by atoms with Crippen molar-refractivity contribution in [3.05, 3.63) is 65.0 Å². The van der Waals surface area contributed by atoms with Crippen LogP contribution < -0.4 is 15.4 Å². The molecule has 2 aromatic rings. The predicted molar refractivity (Wildman–Crippen MR) is 127 cm³/mol. The van der Waals surface area contributed by atoms with Gasteiger partial charge in [-0.2, -0.15) is 0 Å². The smallest absolute Gasteiger partial charge is 0.191 e. The van der Waals surface area contributed by atoms with Gasteiger partial charge in [-0.3, -0.25) is 9.89 Å². The first-order valence-electron chi connectivity index (χ1n) is 11.2. The number of aliphatic imine (C=N–C) groups is 1. The highest BCUT2D eigenvalue weighted by atomic mass is 19.1. The molecule has 6 nitrogen and oxygen atoms in total. The second-order valence-electron chi connectivity index (χ2n) is 8.18. The lowest BCUT2D eigenvalue weighted by Crippen LogP contribution is -2.38. The van der Waals surface area contributed by atoms with E-state index in [1.165, 1.54) is 6.07 Å². The highest BCUT2D eigenvalue weighted by molar-refractivity contribution is 5.79. The lowest BCUT2D eigenvalue weighted by atomic mass is 10.1. The van der Waals surface area contributed by atoms with Crippen LogP contribution in [0.2, 0.25) is 0 Å². The number of ether oxygens (including phenoxy) is 2. The number of hydrogen-bond acceptors (Lipinski definition) is 4. The minimum Gasteiger partial charge on any atom is -0.492 e. The van der Waals surface area contributed by atoms with Crippen molar-refractivity contribution in [2.24, 2.45) is 4.99 Å². The molecule has 7 heteroatoms. The van der Waals surface area contributed by atoms with Crippen LogP contribution in [0.1, 0.15) is 29.5 Å². The van der Waals surface area contributed by atoms with Crippen molar-refractivity contribution in [2.45, 2.75) is 38.9 Å². The van der Waals surface area contributed by atoms with Gasteiger partial charge in [-0.1, -0.05) is 24.3 Å². The first kappa shape index (κ1) is 24.0. The van der Waals surface area contributed by atoms with Crippen molar-refractivity contribution in [1.29, 1.82) is 0 Å². The summed E-state index contributed by atoms with van der Waals surface area (Å²) >= 11 is 0. The van der Waals surface area contributed by atoms with Crippen LogP contribution in [0.5, 0.6) is 5.75 Å². The van der Waals surface area contributed by atoms with Gasteiger partial charge in [0, 0.05) is 45.9 Å². The fourth-order valence-electron chi connectivity index (χ4n) is 3.77. The van der Waals surface area contributed by atoms with Crippen LogP contribution in [0.3, 0.4) is 0 Å². The third-order valence-corrected chi connectivity index (χ3v) is 5.79. The number of halogens is 1. The Morgan fingerprint density at radius 3 is 2.53 bits per heavy atom. The van der Waals surface area contributed by atoms with E-state index in [-0.39, 0.29) is 5.82 Å². The highest BCUT2D eigenvalue weighted by Crippen LogP contribution is 2.15. The van der Waals surface area contributed by atoms with Crippen molar-refractivity contribution in [2.75, 3.05) is 40.5 Å². The Morgan fingerprint density at radius 2 is 1.84 bits per heavy atom. The van der Waals surface area contributed by atoms with Crippen LogP contribution in [-0.4, -0.2) is 57.4 Å². The number of nitrogens with one attached hydrogen (secondary N) is 2. The van der Waals surface area contributed by atoms with E-state index < -0.39 is 0 Å². The Bertz CT molecular complexity index is 884. The Morgan fingerprint density at radius 1 is 1.12 bits per heavy atom. The van der Waals surface area contributed by atoms with Crippen LogP contribution in [0.15, 0.2) is 47.5 Å². The van der Waals surface area contributed by atoms with Gasteiger partial charge in [-0.05, 0) is 61.7 Å². The standard InChI is InChI=1S/C25H35FN4O2/c1-19-15-21(7-8-24(19)26)18-29-25(27-2)28-17-20-5-4-6-23(16-20)32-14-11-30(3)22-9-12-31-13-10-22/h4-8,15-16,22H,9-14,17-18H2,1-3H3,(H2,27,28,29). The Balaban J connectivity index is 1.42. The van der Waals surface area contributed by atoms with Gasteiger partial charge in [0.05, 0.1) is 0 Å². The van der Waals surface area contributed by atoms with E-state index in [1.807, 2.05) is 18.2 Å². The SMILES string of the molecule is CN=C(NCc1cccc(OCCN(C)C2CCOCC2)c1)NCc1ccc(F)c(C)c1. The largest absolute Gasteiger partial charge is 0.492 e. The molecule has 0 aliphatic carbocycles. The molecule has 1 fully saturated rings. The maximum atomic E-state index is 13.4. The van der Waals surface area contributed by atoms with Crippen molar-refractivity contribution < 1.29 is 13.9 Å². The van der Waals surface area contributed by atoms with E-state index >= 15 is 0 Å². The zero-order valence-corrected chi connectivity index (χ0v) is 19.4. The topological polar surface area (TPSA) is 58.1 Å². The molecule has 1 saturated heterocycles. The van der Waals surface area contributed by atoms with Crippen LogP contribution in [0, 0.1) is 12.7 Å². The van der Waals surface area contributed by atoms with Crippen molar-refractivity contribution in [1.82, 2.24) is 15.5 Å². The highest BCUT2D eigenvalue weighted by Gasteiger charge is 2.17. The molecule has 0 bridgehead atoms. The maximum absolute atomic E-state index is 13.4. The molecule has 0 spiro atoms. The number of benzene rings is 2. The second-order valence-corrected chi connectivity index (χ2v) is 8.18. The summed E-state index contributed by atoms with van der Waals surface area (Å²) in [6.45, 7) is 6.23. The maximum Gasteiger partial charge on any atom is 0.191 e. The number of nitrogens with zero attached hydrogens (tertiary/aromatic N) is 2. The van der Waals surface area contributed by atoms with Crippen LogP contribution >= 0.6 is 0 Å². The summed E-state index contributed by atoms with van der Waals surface area (Å²) in [5.74, 6) is 1.37. The summed E-state index contributed by atoms with van der Waals surface area (Å²) in [7, 11) is 3.89. The number of likely N-dealkylation sites (N-methyl/N-ethyl adjacent to an activating group) is 1. The van der Waals surface area contributed by atoms with Gasteiger partial charge in [0.1, 0.15) is 18.2 Å². The van der Waals surface area contributed by atoms with Gasteiger partial charge in [-0.15, -0.1) is 0 Å². The molecule has 1 heterocycles. The molecule has 0 amide bonds. The van der Waals surface area contributed by atoms with Crippen LogP contribution in [-0.2, 0) is 17.8 Å². The average Bonchev–Trinajstić information content (AvgIpc) is 2.82. The minimum atomic E-state index is -0.186. The number of guanidine groups is 1. The van der Waals surface area contributed by atoms with Gasteiger partial charge in [0.2, 0.25) is 0 Å². The second kappa shape index (κ2) is 12.4. The van der Waals surface area contributed by atoms with E-state index in [0.717, 1.165) is 49.5 Å². The molecule has 0 radical (unpaired) electrons. The molecule has 174 valence electrons. The lowest BCUT2D eigenvalue weighted by Gasteiger charge is -2.31. The minimum absolute atomic E-state index is 0.186. The van der Waals surface area contributed by atoms with E-state index in [1.54, 1.807) is 20.0 Å². The summed E-state index contributed by atoms with van der Waals surface area (Å²) < 4.78 is 24.9. The molecule has 0 unspecified atom stereocenters. The van der Waals surface area contributed by atoms with Crippen LogP contribution in [0.4, 0.5) is 4.39 Å². The summed E-state index contributed by atoms with van der Waals surface area (Å²) in [6, 6.07) is 13.8. The summed E-state index contributed by atoms with van der Waals surface area (Å²) in [5.41, 5.74) is 2.76. The van der Waals surface area contributed by atoms with Crippen molar-refractivity contribution in [3.8, 4) is 5.75 Å². The van der Waals surface area contributed by atoms with Gasteiger partial charge < -0.3 is 20.1 Å². The molecular formula is C25H35FN4O2. The molecular weight excluding hydrogens is 407 g/mol. The van der Waals surface area contributed by atoms with Gasteiger partial charge in [0.25, 0.3) is 0 Å². The molecule has 2 aromatic carbocycles. The Labute approximate surface area is 190 Å². The van der Waals surface area contributed by atoms with E-state index in [0.29, 0.717) is 37.3 Å². The average molecular weight is 443 g/mol. The quantitative estimate of drug-likeness (QED) is 0.460. The zero-order valence-electron chi connectivity index (χ0n) is 19.4.